The molecule has 0 saturated heterocycles. The lowest BCUT2D eigenvalue weighted by Gasteiger charge is -2.23. The molecule has 92 valence electrons. The van der Waals surface area contributed by atoms with E-state index in [0.29, 0.717) is 6.61 Å². The van der Waals surface area contributed by atoms with Crippen molar-refractivity contribution in [2.24, 2.45) is 0 Å². The van der Waals surface area contributed by atoms with Gasteiger partial charge in [-0.1, -0.05) is 24.6 Å². The molecule has 1 aromatic rings. The molecule has 0 radical (unpaired) electrons. The fraction of sp³-hybridized carbons (Fsp3) is 0.500. The monoisotopic (exact) mass is 232 g/mol. The number of hydrogen-bond donors (Lipinski definition) is 1. The second-order valence-electron chi connectivity index (χ2n) is 4.47. The van der Waals surface area contributed by atoms with Gasteiger partial charge in [0, 0.05) is 0 Å². The normalized spacial score (nSPS) is 13.8. The zero-order chi connectivity index (χ0) is 12.7. The molecule has 0 fully saturated rings. The van der Waals surface area contributed by atoms with Crippen LogP contribution in [0.4, 0.5) is 0 Å². The van der Waals surface area contributed by atoms with E-state index < -0.39 is 5.54 Å². The van der Waals surface area contributed by atoms with Gasteiger partial charge in [-0.3, -0.25) is 5.32 Å². The van der Waals surface area contributed by atoms with E-state index in [4.69, 9.17) is 10.00 Å². The Morgan fingerprint density at radius 3 is 2.53 bits per heavy atom. The first-order valence-electron chi connectivity index (χ1n) is 5.95. The molecule has 1 N–H and O–H groups in total. The molecule has 0 bridgehead atoms. The molecule has 0 spiro atoms. The zero-order valence-electron chi connectivity index (χ0n) is 10.8. The highest BCUT2D eigenvalue weighted by Gasteiger charge is 2.23. The maximum absolute atomic E-state index is 9.14. The first kappa shape index (κ1) is 13.5. The highest BCUT2D eigenvalue weighted by Crippen LogP contribution is 2.13. The van der Waals surface area contributed by atoms with Crippen LogP contribution in [0.2, 0.25) is 0 Å². The Morgan fingerprint density at radius 1 is 1.35 bits per heavy atom. The van der Waals surface area contributed by atoms with Crippen LogP contribution in [0.25, 0.3) is 0 Å². The number of nitrogens with one attached hydrogen (secondary N) is 1. The Morgan fingerprint density at radius 2 is 2.00 bits per heavy atom. The first-order chi connectivity index (χ1) is 8.09. The van der Waals surface area contributed by atoms with E-state index in [0.717, 1.165) is 18.7 Å². The molecule has 1 unspecified atom stereocenters. The largest absolute Gasteiger partial charge is 0.491 e. The summed E-state index contributed by atoms with van der Waals surface area (Å²) >= 11 is 0. The summed E-state index contributed by atoms with van der Waals surface area (Å²) in [5.74, 6) is 0.801. The topological polar surface area (TPSA) is 45.0 Å². The molecule has 1 aromatic carbocycles. The molecule has 0 amide bonds. The van der Waals surface area contributed by atoms with Crippen molar-refractivity contribution in [3.63, 3.8) is 0 Å². The van der Waals surface area contributed by atoms with Crippen LogP contribution < -0.4 is 10.1 Å². The summed E-state index contributed by atoms with van der Waals surface area (Å²) in [6.45, 7) is 7.14. The highest BCUT2D eigenvalue weighted by molar-refractivity contribution is 5.26. The predicted octanol–water partition coefficient (Wildman–Crippen LogP) is 2.66. The molecule has 0 saturated carbocycles. The van der Waals surface area contributed by atoms with Gasteiger partial charge in [0.1, 0.15) is 17.9 Å². The number of benzene rings is 1. The zero-order valence-corrected chi connectivity index (χ0v) is 10.8. The standard InChI is InChI=1S/C14H20N2O/c1-4-9-16-14(3,10-15)11-17-13-7-5-12(2)6-8-13/h5-8,16H,4,9,11H2,1-3H3. The van der Waals surface area contributed by atoms with E-state index in [1.165, 1.54) is 5.56 Å². The molecule has 0 heterocycles. The Balaban J connectivity index is 2.53. The van der Waals surface area contributed by atoms with Crippen molar-refractivity contribution in [1.82, 2.24) is 5.32 Å². The van der Waals surface area contributed by atoms with Crippen molar-refractivity contribution in [3.05, 3.63) is 29.8 Å². The van der Waals surface area contributed by atoms with Crippen molar-refractivity contribution < 1.29 is 4.74 Å². The van der Waals surface area contributed by atoms with E-state index in [-0.39, 0.29) is 0 Å². The van der Waals surface area contributed by atoms with Crippen LogP contribution in [0.3, 0.4) is 0 Å². The summed E-state index contributed by atoms with van der Waals surface area (Å²) in [7, 11) is 0. The third kappa shape index (κ3) is 4.46. The van der Waals surface area contributed by atoms with Gasteiger partial charge < -0.3 is 4.74 Å². The van der Waals surface area contributed by atoms with E-state index in [2.05, 4.69) is 18.3 Å². The Bertz CT molecular complexity index is 380. The third-order valence-electron chi connectivity index (χ3n) is 2.56. The Kier molecular flexibility index (Phi) is 4.99. The second-order valence-corrected chi connectivity index (χ2v) is 4.47. The van der Waals surface area contributed by atoms with Gasteiger partial charge in [-0.2, -0.15) is 5.26 Å². The maximum atomic E-state index is 9.14. The van der Waals surface area contributed by atoms with Crippen LogP contribution in [0.5, 0.6) is 5.75 Å². The molecule has 1 atom stereocenters. The van der Waals surface area contributed by atoms with Gasteiger partial charge in [-0.15, -0.1) is 0 Å². The number of aryl methyl sites for hydroxylation is 1. The minimum absolute atomic E-state index is 0.354. The van der Waals surface area contributed by atoms with Gasteiger partial charge in [0.15, 0.2) is 0 Å². The first-order valence-corrected chi connectivity index (χ1v) is 5.95. The van der Waals surface area contributed by atoms with E-state index >= 15 is 0 Å². The van der Waals surface area contributed by atoms with Gasteiger partial charge in [-0.05, 0) is 38.9 Å². The minimum Gasteiger partial charge on any atom is -0.491 e. The summed E-state index contributed by atoms with van der Waals surface area (Å²) in [5.41, 5.74) is 0.575. The molecule has 3 heteroatoms. The van der Waals surface area contributed by atoms with Crippen LogP contribution in [-0.4, -0.2) is 18.7 Å². The number of nitrogens with zero attached hydrogens (tertiary/aromatic N) is 1. The number of ether oxygens (including phenoxy) is 1. The fourth-order valence-corrected chi connectivity index (χ4v) is 1.39. The van der Waals surface area contributed by atoms with Crippen LogP contribution in [-0.2, 0) is 0 Å². The second kappa shape index (κ2) is 6.27. The molecule has 1 rings (SSSR count). The number of nitriles is 1. The highest BCUT2D eigenvalue weighted by atomic mass is 16.5. The summed E-state index contributed by atoms with van der Waals surface area (Å²) in [6, 6.07) is 10.1. The lowest BCUT2D eigenvalue weighted by molar-refractivity contribution is 0.234. The number of rotatable bonds is 6. The molecule has 17 heavy (non-hydrogen) atoms. The van der Waals surface area contributed by atoms with E-state index in [1.807, 2.05) is 38.1 Å². The number of hydrogen-bond acceptors (Lipinski definition) is 3. The van der Waals surface area contributed by atoms with Crippen molar-refractivity contribution >= 4 is 0 Å². The summed E-state index contributed by atoms with van der Waals surface area (Å²) in [5, 5.41) is 12.3. The van der Waals surface area contributed by atoms with Crippen molar-refractivity contribution in [2.45, 2.75) is 32.7 Å². The van der Waals surface area contributed by atoms with Gasteiger partial charge in [0.2, 0.25) is 0 Å². The molecule has 0 aromatic heterocycles. The lowest BCUT2D eigenvalue weighted by Crippen LogP contribution is -2.46. The third-order valence-corrected chi connectivity index (χ3v) is 2.56. The van der Waals surface area contributed by atoms with Gasteiger partial charge in [-0.25, -0.2) is 0 Å². The SMILES string of the molecule is CCCNC(C)(C#N)COc1ccc(C)cc1. The van der Waals surface area contributed by atoms with Crippen LogP contribution in [0, 0.1) is 18.3 Å². The van der Waals surface area contributed by atoms with Crippen molar-refractivity contribution in [3.8, 4) is 11.8 Å². The smallest absolute Gasteiger partial charge is 0.138 e. The average molecular weight is 232 g/mol. The van der Waals surface area contributed by atoms with E-state index in [1.54, 1.807) is 0 Å². The summed E-state index contributed by atoms with van der Waals surface area (Å²) in [6.07, 6.45) is 1.00. The van der Waals surface area contributed by atoms with Crippen LogP contribution in [0.1, 0.15) is 25.8 Å². The van der Waals surface area contributed by atoms with Gasteiger partial charge in [0.25, 0.3) is 0 Å². The lowest BCUT2D eigenvalue weighted by atomic mass is 10.1. The fourth-order valence-electron chi connectivity index (χ4n) is 1.39. The summed E-state index contributed by atoms with van der Waals surface area (Å²) in [4.78, 5) is 0. The summed E-state index contributed by atoms with van der Waals surface area (Å²) < 4.78 is 5.63. The van der Waals surface area contributed by atoms with Crippen LogP contribution >= 0.6 is 0 Å². The van der Waals surface area contributed by atoms with Crippen LogP contribution in [0.15, 0.2) is 24.3 Å². The van der Waals surface area contributed by atoms with Crippen molar-refractivity contribution in [1.29, 1.82) is 5.26 Å². The van der Waals surface area contributed by atoms with Crippen molar-refractivity contribution in [2.75, 3.05) is 13.2 Å². The molecular weight excluding hydrogens is 212 g/mol. The Hall–Kier alpha value is -1.53. The quantitative estimate of drug-likeness (QED) is 0.820. The van der Waals surface area contributed by atoms with Gasteiger partial charge >= 0.3 is 0 Å². The van der Waals surface area contributed by atoms with E-state index in [9.17, 15) is 0 Å². The molecule has 0 aliphatic rings. The van der Waals surface area contributed by atoms with Gasteiger partial charge in [0.05, 0.1) is 6.07 Å². The molecule has 3 nitrogen and oxygen atoms in total. The molecule has 0 aliphatic carbocycles. The minimum atomic E-state index is -0.624. The Labute approximate surface area is 103 Å². The average Bonchev–Trinajstić information content (AvgIpc) is 2.36. The predicted molar refractivity (Wildman–Crippen MR) is 69.0 cm³/mol. The maximum Gasteiger partial charge on any atom is 0.138 e. The molecular formula is C14H20N2O. The molecule has 0 aliphatic heterocycles.